The van der Waals surface area contributed by atoms with Gasteiger partial charge in [0.15, 0.2) is 0 Å². The summed E-state index contributed by atoms with van der Waals surface area (Å²) in [6.07, 6.45) is 6.08. The molecule has 9 heteroatoms. The number of aryl methyl sites for hydroxylation is 2. The van der Waals surface area contributed by atoms with E-state index in [0.29, 0.717) is 18.5 Å². The highest BCUT2D eigenvalue weighted by atomic mass is 79.9. The Morgan fingerprint density at radius 1 is 0.930 bits per heavy atom. The Hall–Kier alpha value is -3.17. The topological polar surface area (TPSA) is 86.8 Å². The van der Waals surface area contributed by atoms with Crippen LogP contribution in [0.15, 0.2) is 77.3 Å². The third kappa shape index (κ3) is 9.66. The average molecular weight is 669 g/mol. The Morgan fingerprint density at radius 3 is 2.16 bits per heavy atom. The molecule has 0 radical (unpaired) electrons. The van der Waals surface area contributed by atoms with Crippen molar-refractivity contribution in [2.45, 2.75) is 77.4 Å². The molecule has 1 atom stereocenters. The Morgan fingerprint density at radius 2 is 1.56 bits per heavy atom. The van der Waals surface area contributed by atoms with E-state index in [9.17, 15) is 18.0 Å². The largest absolute Gasteiger partial charge is 0.352 e. The standard InChI is InChI=1S/C34H42BrN3O4S/c1-25-20-26(2)22-31(21-25)38(43(3,41)42)19-9-14-33(39)37(24-28-15-17-29(35)18-16-28)32(23-27-10-5-4-6-11-27)34(40)36-30-12-7-8-13-30/h4-6,10-11,15-18,20-22,30,32H,7-9,12-14,19,23-24H2,1-3H3,(H,36,40)/t32-/m0/s1. The number of nitrogens with zero attached hydrogens (tertiary/aromatic N) is 2. The van der Waals surface area contributed by atoms with E-state index in [0.717, 1.165) is 52.4 Å². The van der Waals surface area contributed by atoms with Crippen LogP contribution in [0.4, 0.5) is 5.69 Å². The van der Waals surface area contributed by atoms with Gasteiger partial charge in [-0.3, -0.25) is 13.9 Å². The van der Waals surface area contributed by atoms with Crippen LogP contribution in [0.3, 0.4) is 0 Å². The summed E-state index contributed by atoms with van der Waals surface area (Å²) in [6, 6.07) is 22.6. The summed E-state index contributed by atoms with van der Waals surface area (Å²) in [5.74, 6) is -0.325. The fraction of sp³-hybridized carbons (Fsp3) is 0.412. The second-order valence-corrected chi connectivity index (χ2v) is 14.5. The third-order valence-corrected chi connectivity index (χ3v) is 9.61. The Balaban J connectivity index is 1.59. The van der Waals surface area contributed by atoms with E-state index < -0.39 is 16.1 Å². The fourth-order valence-electron chi connectivity index (χ4n) is 5.81. The molecule has 3 aromatic rings. The van der Waals surface area contributed by atoms with Crippen molar-refractivity contribution in [3.8, 4) is 0 Å². The maximum absolute atomic E-state index is 14.0. The molecule has 0 unspecified atom stereocenters. The molecule has 7 nitrogen and oxygen atoms in total. The SMILES string of the molecule is Cc1cc(C)cc(N(CCCC(=O)N(Cc2ccc(Br)cc2)[C@@H](Cc2ccccc2)C(=O)NC2CCCC2)S(C)(=O)=O)c1. The Kier molecular flexibility index (Phi) is 11.4. The van der Waals surface area contributed by atoms with Crippen LogP contribution >= 0.6 is 15.9 Å². The molecule has 4 rings (SSSR count). The fourth-order valence-corrected chi connectivity index (χ4v) is 7.02. The quantitative estimate of drug-likeness (QED) is 0.231. The van der Waals surface area contributed by atoms with Gasteiger partial charge in [-0.25, -0.2) is 8.42 Å². The molecule has 230 valence electrons. The van der Waals surface area contributed by atoms with Crippen LogP contribution in [0, 0.1) is 13.8 Å². The van der Waals surface area contributed by atoms with Crippen LogP contribution in [-0.2, 0) is 32.6 Å². The molecule has 0 aromatic heterocycles. The average Bonchev–Trinajstić information content (AvgIpc) is 3.46. The number of nitrogens with one attached hydrogen (secondary N) is 1. The lowest BCUT2D eigenvalue weighted by Crippen LogP contribution is -2.52. The minimum Gasteiger partial charge on any atom is -0.352 e. The Bertz CT molecular complexity index is 1470. The highest BCUT2D eigenvalue weighted by Crippen LogP contribution is 2.24. The van der Waals surface area contributed by atoms with Gasteiger partial charge in [-0.05, 0) is 79.6 Å². The highest BCUT2D eigenvalue weighted by Gasteiger charge is 2.32. The van der Waals surface area contributed by atoms with E-state index in [4.69, 9.17) is 0 Å². The van der Waals surface area contributed by atoms with E-state index in [-0.39, 0.29) is 37.4 Å². The number of anilines is 1. The van der Waals surface area contributed by atoms with Crippen LogP contribution in [0.25, 0.3) is 0 Å². The van der Waals surface area contributed by atoms with Crippen molar-refractivity contribution < 1.29 is 18.0 Å². The molecule has 1 aliphatic carbocycles. The van der Waals surface area contributed by atoms with Crippen LogP contribution in [0.2, 0.25) is 0 Å². The summed E-state index contributed by atoms with van der Waals surface area (Å²) in [4.78, 5) is 29.6. The molecular weight excluding hydrogens is 626 g/mol. The molecule has 0 spiro atoms. The van der Waals surface area contributed by atoms with Gasteiger partial charge in [-0.15, -0.1) is 0 Å². The maximum Gasteiger partial charge on any atom is 0.243 e. The van der Waals surface area contributed by atoms with Crippen molar-refractivity contribution >= 4 is 43.5 Å². The number of halogens is 1. The van der Waals surface area contributed by atoms with E-state index in [1.54, 1.807) is 4.90 Å². The molecule has 2 amide bonds. The number of hydrogen-bond acceptors (Lipinski definition) is 4. The highest BCUT2D eigenvalue weighted by molar-refractivity contribution is 9.10. The number of benzene rings is 3. The van der Waals surface area contributed by atoms with E-state index in [1.165, 1.54) is 10.6 Å². The summed E-state index contributed by atoms with van der Waals surface area (Å²) in [7, 11) is -3.57. The summed E-state index contributed by atoms with van der Waals surface area (Å²) >= 11 is 3.48. The normalized spacial score (nSPS) is 14.3. The maximum atomic E-state index is 14.0. The van der Waals surface area contributed by atoms with E-state index >= 15 is 0 Å². The lowest BCUT2D eigenvalue weighted by molar-refractivity contribution is -0.141. The molecule has 0 heterocycles. The molecule has 0 bridgehead atoms. The summed E-state index contributed by atoms with van der Waals surface area (Å²) < 4.78 is 27.8. The van der Waals surface area contributed by atoms with Crippen molar-refractivity contribution in [2.24, 2.45) is 0 Å². The zero-order valence-electron chi connectivity index (χ0n) is 25.3. The molecule has 0 aliphatic heterocycles. The first-order valence-electron chi connectivity index (χ1n) is 14.9. The van der Waals surface area contributed by atoms with Crippen molar-refractivity contribution in [3.05, 3.63) is 99.5 Å². The second kappa shape index (κ2) is 15.0. The predicted molar refractivity (Wildman–Crippen MR) is 176 cm³/mol. The van der Waals surface area contributed by atoms with Crippen LogP contribution in [-0.4, -0.2) is 50.0 Å². The van der Waals surface area contributed by atoms with Gasteiger partial charge in [0.25, 0.3) is 0 Å². The number of carbonyl (C=O) groups is 2. The lowest BCUT2D eigenvalue weighted by Gasteiger charge is -2.33. The minimum absolute atomic E-state index is 0.106. The number of sulfonamides is 1. The molecule has 1 fully saturated rings. The predicted octanol–water partition coefficient (Wildman–Crippen LogP) is 6.31. The van der Waals surface area contributed by atoms with E-state index in [1.807, 2.05) is 86.6 Å². The zero-order chi connectivity index (χ0) is 31.0. The van der Waals surface area contributed by atoms with Crippen LogP contribution in [0.1, 0.15) is 60.8 Å². The summed E-state index contributed by atoms with van der Waals surface area (Å²) in [5, 5.41) is 3.23. The molecular formula is C34H42BrN3O4S. The van der Waals surface area contributed by atoms with Crippen molar-refractivity contribution in [1.82, 2.24) is 10.2 Å². The van der Waals surface area contributed by atoms with Gasteiger partial charge in [0.1, 0.15) is 6.04 Å². The molecule has 1 aliphatic rings. The number of carbonyl (C=O) groups excluding carboxylic acids is 2. The Labute approximate surface area is 264 Å². The summed E-state index contributed by atoms with van der Waals surface area (Å²) in [6.45, 7) is 4.31. The third-order valence-electron chi connectivity index (χ3n) is 7.89. The van der Waals surface area contributed by atoms with Gasteiger partial charge in [-0.2, -0.15) is 0 Å². The van der Waals surface area contributed by atoms with Gasteiger partial charge in [0.05, 0.1) is 11.9 Å². The van der Waals surface area contributed by atoms with Gasteiger partial charge in [0, 0.05) is 36.4 Å². The molecule has 1 saturated carbocycles. The van der Waals surface area contributed by atoms with Gasteiger partial charge in [-0.1, -0.05) is 77.3 Å². The second-order valence-electron chi connectivity index (χ2n) is 11.6. The first kappa shape index (κ1) is 32.7. The van der Waals surface area contributed by atoms with Crippen LogP contribution < -0.4 is 9.62 Å². The molecule has 0 saturated heterocycles. The van der Waals surface area contributed by atoms with Crippen molar-refractivity contribution in [2.75, 3.05) is 17.1 Å². The van der Waals surface area contributed by atoms with Crippen molar-refractivity contribution in [3.63, 3.8) is 0 Å². The van der Waals surface area contributed by atoms with Gasteiger partial charge in [0.2, 0.25) is 21.8 Å². The molecule has 1 N–H and O–H groups in total. The first-order chi connectivity index (χ1) is 20.5. The molecule has 43 heavy (non-hydrogen) atoms. The van der Waals surface area contributed by atoms with E-state index in [2.05, 4.69) is 21.2 Å². The zero-order valence-corrected chi connectivity index (χ0v) is 27.7. The number of hydrogen-bond donors (Lipinski definition) is 1. The van der Waals surface area contributed by atoms with Crippen LogP contribution in [0.5, 0.6) is 0 Å². The number of amides is 2. The minimum atomic E-state index is -3.57. The van der Waals surface area contributed by atoms with Gasteiger partial charge >= 0.3 is 0 Å². The monoisotopic (exact) mass is 667 g/mol. The molecule has 3 aromatic carbocycles. The van der Waals surface area contributed by atoms with Gasteiger partial charge < -0.3 is 10.2 Å². The smallest absolute Gasteiger partial charge is 0.243 e. The van der Waals surface area contributed by atoms with Crippen molar-refractivity contribution in [1.29, 1.82) is 0 Å². The summed E-state index contributed by atoms with van der Waals surface area (Å²) in [5.41, 5.74) is 4.42. The first-order valence-corrected chi connectivity index (χ1v) is 17.6. The number of rotatable bonds is 13. The lowest BCUT2D eigenvalue weighted by atomic mass is 10.0.